The number of methoxy groups -OCH3 is 1. The van der Waals surface area contributed by atoms with Crippen LogP contribution in [0.25, 0.3) is 0 Å². The molecule has 0 radical (unpaired) electrons. The molecule has 90 valence electrons. The minimum Gasteiger partial charge on any atom is -0.385 e. The zero-order valence-corrected chi connectivity index (χ0v) is 11.2. The summed E-state index contributed by atoms with van der Waals surface area (Å²) in [6.07, 6.45) is 2.53. The van der Waals surface area contributed by atoms with Crippen LogP contribution in [0.2, 0.25) is 0 Å². The first kappa shape index (κ1) is 13.3. The van der Waals surface area contributed by atoms with Gasteiger partial charge in [-0.2, -0.15) is 11.8 Å². The lowest BCUT2D eigenvalue weighted by Gasteiger charge is -2.25. The Hall–Kier alpha value is 0.270. The van der Waals surface area contributed by atoms with Crippen LogP contribution in [-0.4, -0.2) is 38.3 Å². The predicted molar refractivity (Wildman–Crippen MR) is 68.6 cm³/mol. The van der Waals surface area contributed by atoms with E-state index in [9.17, 15) is 0 Å². The van der Waals surface area contributed by atoms with Gasteiger partial charge in [-0.3, -0.25) is 0 Å². The van der Waals surface area contributed by atoms with E-state index < -0.39 is 0 Å². The third-order valence-electron chi connectivity index (χ3n) is 3.04. The van der Waals surface area contributed by atoms with Crippen molar-refractivity contribution in [2.75, 3.05) is 38.3 Å². The number of hydrogen-bond acceptors (Lipinski definition) is 3. The topological polar surface area (TPSA) is 21.3 Å². The Morgan fingerprint density at radius 3 is 2.87 bits per heavy atom. The fourth-order valence-electron chi connectivity index (χ4n) is 1.83. The Balaban J connectivity index is 2.06. The number of thioether (sulfide) groups is 1. The van der Waals surface area contributed by atoms with Crippen LogP contribution < -0.4 is 5.32 Å². The highest BCUT2D eigenvalue weighted by Gasteiger charge is 2.19. The van der Waals surface area contributed by atoms with Crippen LogP contribution in [0.1, 0.15) is 26.7 Å². The lowest BCUT2D eigenvalue weighted by molar-refractivity contribution is 0.150. The van der Waals surface area contributed by atoms with Gasteiger partial charge in [-0.25, -0.2) is 0 Å². The van der Waals surface area contributed by atoms with Gasteiger partial charge in [0.05, 0.1) is 0 Å². The fraction of sp³-hybridized carbons (Fsp3) is 1.00. The molecule has 1 aliphatic heterocycles. The minimum absolute atomic E-state index is 0.363. The normalized spacial score (nSPS) is 22.2. The summed E-state index contributed by atoms with van der Waals surface area (Å²) >= 11 is 2.09. The number of ether oxygens (including phenoxy) is 1. The molecule has 1 rings (SSSR count). The summed E-state index contributed by atoms with van der Waals surface area (Å²) in [5.74, 6) is 3.62. The second-order valence-electron chi connectivity index (χ2n) is 5.27. The molecule has 1 atom stereocenters. The summed E-state index contributed by atoms with van der Waals surface area (Å²) in [4.78, 5) is 0. The van der Waals surface area contributed by atoms with Crippen LogP contribution in [-0.2, 0) is 4.74 Å². The van der Waals surface area contributed by atoms with Crippen molar-refractivity contribution in [2.45, 2.75) is 26.7 Å². The molecule has 1 heterocycles. The van der Waals surface area contributed by atoms with E-state index in [1.807, 2.05) is 0 Å². The van der Waals surface area contributed by atoms with Crippen LogP contribution >= 0.6 is 11.8 Å². The largest absolute Gasteiger partial charge is 0.385 e. The summed E-state index contributed by atoms with van der Waals surface area (Å²) in [5.41, 5.74) is 0.363. The molecule has 0 saturated carbocycles. The molecule has 0 aliphatic carbocycles. The van der Waals surface area contributed by atoms with Gasteiger partial charge in [-0.15, -0.1) is 0 Å². The van der Waals surface area contributed by atoms with Crippen molar-refractivity contribution in [1.82, 2.24) is 5.32 Å². The third kappa shape index (κ3) is 5.79. The first-order valence-electron chi connectivity index (χ1n) is 5.91. The smallest absolute Gasteiger partial charge is 0.0467 e. The Morgan fingerprint density at radius 1 is 1.47 bits per heavy atom. The molecule has 1 aliphatic rings. The van der Waals surface area contributed by atoms with Crippen LogP contribution in [0.5, 0.6) is 0 Å². The Morgan fingerprint density at radius 2 is 2.27 bits per heavy atom. The third-order valence-corrected chi connectivity index (χ3v) is 4.28. The average Bonchev–Trinajstić information content (AvgIpc) is 2.67. The van der Waals surface area contributed by atoms with Gasteiger partial charge in [-0.05, 0) is 42.2 Å². The van der Waals surface area contributed by atoms with Crippen molar-refractivity contribution in [3.63, 3.8) is 0 Å². The summed E-state index contributed by atoms with van der Waals surface area (Å²) in [7, 11) is 1.78. The quantitative estimate of drug-likeness (QED) is 0.727. The van der Waals surface area contributed by atoms with Crippen molar-refractivity contribution in [3.05, 3.63) is 0 Å². The Kier molecular flexibility index (Phi) is 6.02. The van der Waals surface area contributed by atoms with E-state index in [-0.39, 0.29) is 0 Å². The minimum atomic E-state index is 0.363. The SMILES string of the molecule is COCCC(C)(C)CNCC1CCSC1. The van der Waals surface area contributed by atoms with Crippen molar-refractivity contribution < 1.29 is 4.74 Å². The molecule has 0 aromatic rings. The maximum atomic E-state index is 5.13. The molecule has 3 heteroatoms. The highest BCUT2D eigenvalue weighted by molar-refractivity contribution is 7.99. The van der Waals surface area contributed by atoms with E-state index in [2.05, 4.69) is 30.9 Å². The number of hydrogen-bond donors (Lipinski definition) is 1. The van der Waals surface area contributed by atoms with Gasteiger partial charge in [0.1, 0.15) is 0 Å². The highest BCUT2D eigenvalue weighted by Crippen LogP contribution is 2.23. The van der Waals surface area contributed by atoms with Gasteiger partial charge >= 0.3 is 0 Å². The van der Waals surface area contributed by atoms with Crippen molar-refractivity contribution in [3.8, 4) is 0 Å². The van der Waals surface area contributed by atoms with Crippen LogP contribution in [0.4, 0.5) is 0 Å². The summed E-state index contributed by atoms with van der Waals surface area (Å²) < 4.78 is 5.13. The lowest BCUT2D eigenvalue weighted by atomic mass is 9.89. The maximum Gasteiger partial charge on any atom is 0.0467 e. The molecule has 0 aromatic heterocycles. The predicted octanol–water partition coefficient (Wildman–Crippen LogP) is 2.39. The summed E-state index contributed by atoms with van der Waals surface area (Å²) in [6, 6.07) is 0. The van der Waals surface area contributed by atoms with Gasteiger partial charge in [-0.1, -0.05) is 13.8 Å². The second-order valence-corrected chi connectivity index (χ2v) is 6.42. The molecule has 1 saturated heterocycles. The standard InChI is InChI=1S/C12H25NOS/c1-12(2,5-6-14-3)10-13-8-11-4-7-15-9-11/h11,13H,4-10H2,1-3H3. The Bertz CT molecular complexity index is 167. The van der Waals surface area contributed by atoms with Crippen molar-refractivity contribution in [2.24, 2.45) is 11.3 Å². The second kappa shape index (κ2) is 6.77. The molecular formula is C12H25NOS. The monoisotopic (exact) mass is 231 g/mol. The molecule has 0 spiro atoms. The van der Waals surface area contributed by atoms with Crippen LogP contribution in [0.15, 0.2) is 0 Å². The zero-order valence-electron chi connectivity index (χ0n) is 10.3. The molecular weight excluding hydrogens is 206 g/mol. The van der Waals surface area contributed by atoms with Crippen LogP contribution in [0.3, 0.4) is 0 Å². The first-order valence-corrected chi connectivity index (χ1v) is 7.07. The fourth-order valence-corrected chi connectivity index (χ4v) is 3.11. The molecule has 1 N–H and O–H groups in total. The Labute approximate surface area is 98.5 Å². The number of nitrogens with one attached hydrogen (secondary N) is 1. The van der Waals surface area contributed by atoms with E-state index in [1.54, 1.807) is 7.11 Å². The van der Waals surface area contributed by atoms with Gasteiger partial charge in [0.2, 0.25) is 0 Å². The van der Waals surface area contributed by atoms with Crippen LogP contribution in [0, 0.1) is 11.3 Å². The van der Waals surface area contributed by atoms with E-state index in [4.69, 9.17) is 4.74 Å². The van der Waals surface area contributed by atoms with E-state index in [0.717, 1.165) is 25.5 Å². The molecule has 1 fully saturated rings. The van der Waals surface area contributed by atoms with E-state index >= 15 is 0 Å². The lowest BCUT2D eigenvalue weighted by Crippen LogP contribution is -2.33. The number of rotatable bonds is 7. The maximum absolute atomic E-state index is 5.13. The van der Waals surface area contributed by atoms with E-state index in [0.29, 0.717) is 5.41 Å². The molecule has 15 heavy (non-hydrogen) atoms. The molecule has 0 aromatic carbocycles. The van der Waals surface area contributed by atoms with E-state index in [1.165, 1.54) is 24.5 Å². The summed E-state index contributed by atoms with van der Waals surface area (Å²) in [6.45, 7) is 7.79. The highest BCUT2D eigenvalue weighted by atomic mass is 32.2. The zero-order chi connectivity index (χ0) is 11.1. The van der Waals surface area contributed by atoms with Gasteiger partial charge < -0.3 is 10.1 Å². The average molecular weight is 231 g/mol. The van der Waals surface area contributed by atoms with Crippen molar-refractivity contribution in [1.29, 1.82) is 0 Å². The molecule has 1 unspecified atom stereocenters. The van der Waals surface area contributed by atoms with Gasteiger partial charge in [0.15, 0.2) is 0 Å². The first-order chi connectivity index (χ1) is 7.14. The van der Waals surface area contributed by atoms with Gasteiger partial charge in [0, 0.05) is 20.3 Å². The molecule has 0 bridgehead atoms. The molecule has 0 amide bonds. The summed E-state index contributed by atoms with van der Waals surface area (Å²) in [5, 5.41) is 3.61. The molecule has 2 nitrogen and oxygen atoms in total. The van der Waals surface area contributed by atoms with Crippen molar-refractivity contribution >= 4 is 11.8 Å². The van der Waals surface area contributed by atoms with Gasteiger partial charge in [0.25, 0.3) is 0 Å².